The number of carbonyl (C=O) groups is 1. The van der Waals surface area contributed by atoms with Crippen molar-refractivity contribution in [1.29, 1.82) is 0 Å². The van der Waals surface area contributed by atoms with Crippen LogP contribution in [-0.4, -0.2) is 35.9 Å². The van der Waals surface area contributed by atoms with E-state index in [1.807, 2.05) is 47.8 Å². The Morgan fingerprint density at radius 2 is 1.93 bits per heavy atom. The summed E-state index contributed by atoms with van der Waals surface area (Å²) in [6.45, 7) is 0.108. The Morgan fingerprint density at radius 3 is 2.73 bits per heavy atom. The van der Waals surface area contributed by atoms with Crippen molar-refractivity contribution < 1.29 is 23.4 Å². The number of fused-ring (bicyclic) bond motifs is 1. The predicted octanol–water partition coefficient (Wildman–Crippen LogP) is 4.80. The van der Waals surface area contributed by atoms with Crippen molar-refractivity contribution in [2.24, 2.45) is 0 Å². The number of oxazole rings is 1. The van der Waals surface area contributed by atoms with E-state index in [4.69, 9.17) is 18.6 Å². The second-order valence-electron chi connectivity index (χ2n) is 6.11. The minimum absolute atomic E-state index is 0.108. The Kier molecular flexibility index (Phi) is 6.20. The molecule has 0 aliphatic rings. The van der Waals surface area contributed by atoms with Crippen molar-refractivity contribution in [3.8, 4) is 22.1 Å². The molecule has 30 heavy (non-hydrogen) atoms. The smallest absolute Gasteiger partial charge is 0.316 e. The van der Waals surface area contributed by atoms with Gasteiger partial charge in [0.05, 0.1) is 19.9 Å². The maximum atomic E-state index is 12.1. The Morgan fingerprint density at radius 1 is 1.10 bits per heavy atom. The summed E-state index contributed by atoms with van der Waals surface area (Å²) in [4.78, 5) is 20.9. The molecule has 0 saturated heterocycles. The molecule has 0 atom stereocenters. The van der Waals surface area contributed by atoms with Gasteiger partial charge in [-0.15, -0.1) is 11.3 Å². The number of ether oxygens (including phenoxy) is 3. The fourth-order valence-corrected chi connectivity index (χ4v) is 4.14. The number of carbonyl (C=O) groups excluding carboxylic acids is 1. The lowest BCUT2D eigenvalue weighted by atomic mass is 10.2. The minimum Gasteiger partial charge on any atom is -0.493 e. The topological polar surface area (TPSA) is 83.7 Å². The Balaban J connectivity index is 1.32. The monoisotopic (exact) mass is 442 g/mol. The maximum Gasteiger partial charge on any atom is 0.316 e. The van der Waals surface area contributed by atoms with Gasteiger partial charge in [-0.3, -0.25) is 4.79 Å². The highest BCUT2D eigenvalue weighted by Gasteiger charge is 2.13. The molecule has 0 aliphatic heterocycles. The summed E-state index contributed by atoms with van der Waals surface area (Å²) in [6.07, 6.45) is 0. The van der Waals surface area contributed by atoms with Crippen LogP contribution in [0.25, 0.3) is 21.7 Å². The van der Waals surface area contributed by atoms with E-state index in [1.165, 1.54) is 23.1 Å². The van der Waals surface area contributed by atoms with Gasteiger partial charge in [0.1, 0.15) is 22.9 Å². The summed E-state index contributed by atoms with van der Waals surface area (Å²) in [7, 11) is 3.18. The third-order valence-electron chi connectivity index (χ3n) is 4.15. The van der Waals surface area contributed by atoms with Gasteiger partial charge in [0.2, 0.25) is 0 Å². The van der Waals surface area contributed by atoms with Crippen molar-refractivity contribution in [3.05, 3.63) is 53.5 Å². The number of methoxy groups -OCH3 is 2. The zero-order chi connectivity index (χ0) is 20.9. The number of rotatable bonds is 8. The zero-order valence-corrected chi connectivity index (χ0v) is 17.9. The van der Waals surface area contributed by atoms with Crippen LogP contribution in [0, 0.1) is 0 Å². The highest BCUT2D eigenvalue weighted by Crippen LogP contribution is 2.33. The molecule has 0 radical (unpaired) electrons. The van der Waals surface area contributed by atoms with Gasteiger partial charge in [0.15, 0.2) is 17.1 Å². The molecule has 2 aromatic heterocycles. The third kappa shape index (κ3) is 4.58. The van der Waals surface area contributed by atoms with Gasteiger partial charge in [0.25, 0.3) is 5.22 Å². The molecule has 9 heteroatoms. The van der Waals surface area contributed by atoms with E-state index in [9.17, 15) is 4.79 Å². The lowest BCUT2D eigenvalue weighted by Gasteiger charge is -2.08. The number of thiazole rings is 1. The SMILES string of the molecule is COc1ccc(-c2nc(COC(=O)CSc3nc4ccccc4o3)cs2)cc1OC. The quantitative estimate of drug-likeness (QED) is 0.284. The van der Waals surface area contributed by atoms with Crippen LogP contribution in [0.3, 0.4) is 0 Å². The van der Waals surface area contributed by atoms with Crippen LogP contribution in [0.1, 0.15) is 5.69 Å². The number of hydrogen-bond donors (Lipinski definition) is 0. The summed E-state index contributed by atoms with van der Waals surface area (Å²) in [6, 6.07) is 13.1. The second-order valence-corrected chi connectivity index (χ2v) is 7.90. The van der Waals surface area contributed by atoms with Crippen molar-refractivity contribution in [3.63, 3.8) is 0 Å². The van der Waals surface area contributed by atoms with Crippen LogP contribution in [0.5, 0.6) is 11.5 Å². The van der Waals surface area contributed by atoms with E-state index in [2.05, 4.69) is 9.97 Å². The number of hydrogen-bond acceptors (Lipinski definition) is 9. The van der Waals surface area contributed by atoms with E-state index in [1.54, 1.807) is 14.2 Å². The first-order valence-electron chi connectivity index (χ1n) is 8.97. The van der Waals surface area contributed by atoms with E-state index in [0.717, 1.165) is 16.1 Å². The molecule has 0 N–H and O–H groups in total. The number of esters is 1. The Bertz CT molecular complexity index is 1140. The molecule has 0 fully saturated rings. The second kappa shape index (κ2) is 9.19. The molecular formula is C21H18N2O5S2. The molecule has 0 bridgehead atoms. The van der Waals surface area contributed by atoms with Crippen molar-refractivity contribution in [2.75, 3.05) is 20.0 Å². The van der Waals surface area contributed by atoms with E-state index in [-0.39, 0.29) is 18.3 Å². The van der Waals surface area contributed by atoms with Gasteiger partial charge in [-0.2, -0.15) is 0 Å². The average Bonchev–Trinajstić information content (AvgIpc) is 3.42. The van der Waals surface area contributed by atoms with Crippen LogP contribution >= 0.6 is 23.1 Å². The molecule has 0 amide bonds. The van der Waals surface area contributed by atoms with Gasteiger partial charge >= 0.3 is 5.97 Å². The van der Waals surface area contributed by atoms with Gasteiger partial charge < -0.3 is 18.6 Å². The summed E-state index contributed by atoms with van der Waals surface area (Å²) in [5, 5.41) is 3.12. The number of nitrogens with zero attached hydrogens (tertiary/aromatic N) is 2. The molecule has 0 aliphatic carbocycles. The van der Waals surface area contributed by atoms with Crippen molar-refractivity contribution >= 4 is 40.2 Å². The minimum atomic E-state index is -0.358. The molecule has 4 aromatic rings. The summed E-state index contributed by atoms with van der Waals surface area (Å²) in [5.74, 6) is 1.04. The Hall–Kier alpha value is -3.04. The number of aromatic nitrogens is 2. The van der Waals surface area contributed by atoms with Gasteiger partial charge in [0, 0.05) is 10.9 Å². The first kappa shape index (κ1) is 20.2. The Labute approximate surface area is 181 Å². The van der Waals surface area contributed by atoms with Gasteiger partial charge in [-0.25, -0.2) is 9.97 Å². The number of thioether (sulfide) groups is 1. The highest BCUT2D eigenvalue weighted by atomic mass is 32.2. The maximum absolute atomic E-state index is 12.1. The molecular weight excluding hydrogens is 424 g/mol. The molecule has 4 rings (SSSR count). The average molecular weight is 443 g/mol. The van der Waals surface area contributed by atoms with Crippen molar-refractivity contribution in [1.82, 2.24) is 9.97 Å². The standard InChI is InChI=1S/C21H18N2O5S2/c1-25-17-8-7-13(9-18(17)26-2)20-22-14(11-29-20)10-27-19(24)12-30-21-23-15-5-3-4-6-16(15)28-21/h3-9,11H,10,12H2,1-2H3. The van der Waals surface area contributed by atoms with E-state index >= 15 is 0 Å². The highest BCUT2D eigenvalue weighted by molar-refractivity contribution is 7.99. The fraction of sp³-hybridized carbons (Fsp3) is 0.190. The van der Waals surface area contributed by atoms with E-state index < -0.39 is 0 Å². The lowest BCUT2D eigenvalue weighted by Crippen LogP contribution is -2.07. The van der Waals surface area contributed by atoms with Crippen LogP contribution in [0.4, 0.5) is 0 Å². The largest absolute Gasteiger partial charge is 0.493 e. The normalized spacial score (nSPS) is 10.9. The van der Waals surface area contributed by atoms with Gasteiger partial charge in [-0.1, -0.05) is 23.9 Å². The van der Waals surface area contributed by atoms with E-state index in [0.29, 0.717) is 28.0 Å². The molecule has 0 saturated carbocycles. The molecule has 2 aromatic carbocycles. The lowest BCUT2D eigenvalue weighted by molar-refractivity contribution is -0.141. The summed E-state index contributed by atoms with van der Waals surface area (Å²) < 4.78 is 21.5. The molecule has 2 heterocycles. The first-order valence-corrected chi connectivity index (χ1v) is 10.8. The molecule has 0 unspecified atom stereocenters. The first-order chi connectivity index (χ1) is 14.7. The molecule has 154 valence electrons. The summed E-state index contributed by atoms with van der Waals surface area (Å²) in [5.41, 5.74) is 3.05. The predicted molar refractivity (Wildman–Crippen MR) is 115 cm³/mol. The fourth-order valence-electron chi connectivity index (χ4n) is 2.70. The van der Waals surface area contributed by atoms with Gasteiger partial charge in [-0.05, 0) is 30.3 Å². The van der Waals surface area contributed by atoms with Crippen LogP contribution in [0.2, 0.25) is 0 Å². The third-order valence-corrected chi connectivity index (χ3v) is 5.89. The van der Waals surface area contributed by atoms with Crippen LogP contribution in [-0.2, 0) is 16.1 Å². The number of benzene rings is 2. The molecule has 7 nitrogen and oxygen atoms in total. The number of para-hydroxylation sites is 2. The van der Waals surface area contributed by atoms with Crippen molar-refractivity contribution in [2.45, 2.75) is 11.8 Å². The van der Waals surface area contributed by atoms with Crippen LogP contribution in [0.15, 0.2) is 57.5 Å². The summed E-state index contributed by atoms with van der Waals surface area (Å²) >= 11 is 2.67. The molecule has 0 spiro atoms. The zero-order valence-electron chi connectivity index (χ0n) is 16.3. The van der Waals surface area contributed by atoms with Crippen LogP contribution < -0.4 is 9.47 Å².